The van der Waals surface area contributed by atoms with E-state index in [1.807, 2.05) is 0 Å². The molecule has 1 rings (SSSR count). The molecule has 0 aromatic heterocycles. The summed E-state index contributed by atoms with van der Waals surface area (Å²) in [6, 6.07) is 0. The van der Waals surface area contributed by atoms with Crippen LogP contribution in [0.4, 0.5) is 0 Å². The summed E-state index contributed by atoms with van der Waals surface area (Å²) in [5.41, 5.74) is 1.25. The lowest BCUT2D eigenvalue weighted by atomic mass is 9.75. The van der Waals surface area contributed by atoms with E-state index in [0.29, 0.717) is 5.92 Å². The van der Waals surface area contributed by atoms with E-state index < -0.39 is 0 Å². The molecule has 0 spiro atoms. The van der Waals surface area contributed by atoms with Crippen LogP contribution in [0.25, 0.3) is 0 Å². The Bertz CT molecular complexity index is 203. The van der Waals surface area contributed by atoms with E-state index in [0.717, 1.165) is 0 Å². The number of aliphatic hydroxyl groups excluding tert-OH is 1. The second-order valence-electron chi connectivity index (χ2n) is 3.70. The molecular formula is C10H16O. The van der Waals surface area contributed by atoms with Crippen molar-refractivity contribution < 1.29 is 5.11 Å². The standard InChI is InChI=1S/C10H16O/c1-8-4-5-10(3,7-11)9(2)6-8/h4-6,9,11H,7H2,1-3H3. The van der Waals surface area contributed by atoms with Crippen molar-refractivity contribution in [3.05, 3.63) is 23.8 Å². The predicted octanol–water partition coefficient (Wildman–Crippen LogP) is 2.14. The Balaban J connectivity index is 2.84. The first-order valence-corrected chi connectivity index (χ1v) is 4.07. The molecule has 0 amide bonds. The fourth-order valence-electron chi connectivity index (χ4n) is 1.31. The Morgan fingerprint density at radius 3 is 2.73 bits per heavy atom. The fraction of sp³-hybridized carbons (Fsp3) is 0.600. The van der Waals surface area contributed by atoms with Crippen LogP contribution in [0, 0.1) is 11.3 Å². The van der Waals surface area contributed by atoms with Gasteiger partial charge in [-0.05, 0) is 12.8 Å². The van der Waals surface area contributed by atoms with Crippen LogP contribution in [0.1, 0.15) is 20.8 Å². The zero-order valence-electron chi connectivity index (χ0n) is 7.46. The predicted molar refractivity (Wildman–Crippen MR) is 47.3 cm³/mol. The smallest absolute Gasteiger partial charge is 0.0525 e. The van der Waals surface area contributed by atoms with Gasteiger partial charge in [0.25, 0.3) is 0 Å². The van der Waals surface area contributed by atoms with Gasteiger partial charge >= 0.3 is 0 Å². The molecule has 0 saturated carbocycles. The van der Waals surface area contributed by atoms with Gasteiger partial charge in [0.05, 0.1) is 6.61 Å². The zero-order valence-corrected chi connectivity index (χ0v) is 7.46. The number of hydrogen-bond acceptors (Lipinski definition) is 1. The van der Waals surface area contributed by atoms with Gasteiger partial charge in [-0.15, -0.1) is 0 Å². The summed E-state index contributed by atoms with van der Waals surface area (Å²) in [6.45, 7) is 6.54. The minimum absolute atomic E-state index is 0.0422. The monoisotopic (exact) mass is 152 g/mol. The highest BCUT2D eigenvalue weighted by atomic mass is 16.3. The van der Waals surface area contributed by atoms with Crippen LogP contribution in [0.3, 0.4) is 0 Å². The molecule has 1 heteroatoms. The molecule has 1 N–H and O–H groups in total. The van der Waals surface area contributed by atoms with Gasteiger partial charge in [0.15, 0.2) is 0 Å². The van der Waals surface area contributed by atoms with Gasteiger partial charge in [0.2, 0.25) is 0 Å². The lowest BCUT2D eigenvalue weighted by Gasteiger charge is -2.31. The van der Waals surface area contributed by atoms with Crippen LogP contribution >= 0.6 is 0 Å². The number of hydrogen-bond donors (Lipinski definition) is 1. The Labute approximate surface area is 68.4 Å². The third-order valence-electron chi connectivity index (χ3n) is 2.62. The molecule has 1 aliphatic carbocycles. The van der Waals surface area contributed by atoms with Crippen LogP contribution in [-0.2, 0) is 0 Å². The van der Waals surface area contributed by atoms with E-state index in [-0.39, 0.29) is 12.0 Å². The molecule has 0 aromatic rings. The highest BCUT2D eigenvalue weighted by Crippen LogP contribution is 2.33. The van der Waals surface area contributed by atoms with Crippen LogP contribution in [-0.4, -0.2) is 11.7 Å². The van der Waals surface area contributed by atoms with Gasteiger partial charge in [-0.25, -0.2) is 0 Å². The first-order chi connectivity index (χ1) is 5.08. The van der Waals surface area contributed by atoms with Crippen molar-refractivity contribution in [2.75, 3.05) is 6.61 Å². The van der Waals surface area contributed by atoms with Crippen molar-refractivity contribution in [2.45, 2.75) is 20.8 Å². The van der Waals surface area contributed by atoms with Crippen molar-refractivity contribution in [3.63, 3.8) is 0 Å². The number of allylic oxidation sites excluding steroid dienone is 3. The van der Waals surface area contributed by atoms with Crippen molar-refractivity contribution in [2.24, 2.45) is 11.3 Å². The summed E-state index contributed by atoms with van der Waals surface area (Å²) in [4.78, 5) is 0. The second-order valence-corrected chi connectivity index (χ2v) is 3.70. The van der Waals surface area contributed by atoms with E-state index in [1.54, 1.807) is 0 Å². The average Bonchev–Trinajstić information content (AvgIpc) is 1.98. The van der Waals surface area contributed by atoms with Gasteiger partial charge in [-0.2, -0.15) is 0 Å². The van der Waals surface area contributed by atoms with E-state index >= 15 is 0 Å². The third-order valence-corrected chi connectivity index (χ3v) is 2.62. The summed E-state index contributed by atoms with van der Waals surface area (Å²) in [6.07, 6.45) is 6.39. The highest BCUT2D eigenvalue weighted by molar-refractivity contribution is 5.26. The maximum Gasteiger partial charge on any atom is 0.0525 e. The summed E-state index contributed by atoms with van der Waals surface area (Å²) < 4.78 is 0. The molecule has 0 fully saturated rings. The molecule has 11 heavy (non-hydrogen) atoms. The first kappa shape index (κ1) is 8.54. The van der Waals surface area contributed by atoms with E-state index in [1.165, 1.54) is 5.57 Å². The zero-order chi connectivity index (χ0) is 8.48. The molecule has 0 radical (unpaired) electrons. The van der Waals surface area contributed by atoms with Crippen molar-refractivity contribution in [3.8, 4) is 0 Å². The molecule has 62 valence electrons. The Morgan fingerprint density at radius 1 is 1.64 bits per heavy atom. The maximum absolute atomic E-state index is 9.13. The normalized spacial score (nSPS) is 37.1. The van der Waals surface area contributed by atoms with Crippen LogP contribution in [0.15, 0.2) is 23.8 Å². The van der Waals surface area contributed by atoms with Crippen LogP contribution in [0.5, 0.6) is 0 Å². The van der Waals surface area contributed by atoms with Gasteiger partial charge < -0.3 is 5.11 Å². The van der Waals surface area contributed by atoms with Crippen molar-refractivity contribution >= 4 is 0 Å². The van der Waals surface area contributed by atoms with Crippen molar-refractivity contribution in [1.82, 2.24) is 0 Å². The van der Waals surface area contributed by atoms with E-state index in [9.17, 15) is 0 Å². The molecule has 1 aliphatic rings. The lowest BCUT2D eigenvalue weighted by Crippen LogP contribution is -2.27. The van der Waals surface area contributed by atoms with E-state index in [2.05, 4.69) is 39.0 Å². The Hall–Kier alpha value is -0.560. The largest absolute Gasteiger partial charge is 0.395 e. The van der Waals surface area contributed by atoms with Gasteiger partial charge in [-0.1, -0.05) is 37.6 Å². The quantitative estimate of drug-likeness (QED) is 0.610. The molecular weight excluding hydrogens is 136 g/mol. The summed E-state index contributed by atoms with van der Waals surface area (Å²) in [5.74, 6) is 0.442. The molecule has 0 aromatic carbocycles. The topological polar surface area (TPSA) is 20.2 Å². The van der Waals surface area contributed by atoms with Gasteiger partial charge in [-0.3, -0.25) is 0 Å². The Kier molecular flexibility index (Phi) is 2.19. The number of aliphatic hydroxyl groups is 1. The van der Waals surface area contributed by atoms with E-state index in [4.69, 9.17) is 5.11 Å². The molecule has 1 nitrogen and oxygen atoms in total. The molecule has 0 aliphatic heterocycles. The highest BCUT2D eigenvalue weighted by Gasteiger charge is 2.27. The maximum atomic E-state index is 9.13. The SMILES string of the molecule is CC1=CC(C)C(C)(CO)C=C1. The van der Waals surface area contributed by atoms with Gasteiger partial charge in [0.1, 0.15) is 0 Å². The minimum Gasteiger partial charge on any atom is -0.395 e. The molecule has 2 atom stereocenters. The first-order valence-electron chi connectivity index (χ1n) is 4.07. The average molecular weight is 152 g/mol. The van der Waals surface area contributed by atoms with Crippen molar-refractivity contribution in [1.29, 1.82) is 0 Å². The number of rotatable bonds is 1. The molecule has 2 unspecified atom stereocenters. The fourth-order valence-corrected chi connectivity index (χ4v) is 1.31. The molecule has 0 saturated heterocycles. The molecule has 0 bridgehead atoms. The van der Waals surface area contributed by atoms with Crippen LogP contribution < -0.4 is 0 Å². The minimum atomic E-state index is -0.0422. The molecule has 0 heterocycles. The second kappa shape index (κ2) is 2.82. The summed E-state index contributed by atoms with van der Waals surface area (Å²) in [7, 11) is 0. The third kappa shape index (κ3) is 1.54. The van der Waals surface area contributed by atoms with Gasteiger partial charge in [0, 0.05) is 5.41 Å². The lowest BCUT2D eigenvalue weighted by molar-refractivity contribution is 0.150. The van der Waals surface area contributed by atoms with Crippen LogP contribution in [0.2, 0.25) is 0 Å². The summed E-state index contributed by atoms with van der Waals surface area (Å²) in [5, 5.41) is 9.13. The summed E-state index contributed by atoms with van der Waals surface area (Å²) >= 11 is 0. The Morgan fingerprint density at radius 2 is 2.27 bits per heavy atom.